The maximum atomic E-state index is 12.6. The summed E-state index contributed by atoms with van der Waals surface area (Å²) in [6.45, 7) is 2.26. The highest BCUT2D eigenvalue weighted by atomic mass is 32.2. The number of aromatic nitrogens is 2. The number of rotatable bonds is 9. The molecule has 2 aromatic carbocycles. The Hall–Kier alpha value is -3.33. The van der Waals surface area contributed by atoms with Gasteiger partial charge in [-0.2, -0.15) is 0 Å². The number of carbonyl (C=O) groups excluding carboxylic acids is 1. The Balaban J connectivity index is 1.56. The van der Waals surface area contributed by atoms with Crippen LogP contribution in [0.4, 0.5) is 5.69 Å². The number of imidazole rings is 1. The van der Waals surface area contributed by atoms with Crippen LogP contribution in [0.1, 0.15) is 18.9 Å². The van der Waals surface area contributed by atoms with Gasteiger partial charge in [-0.15, -0.1) is 0 Å². The van der Waals surface area contributed by atoms with E-state index >= 15 is 0 Å². The highest BCUT2D eigenvalue weighted by Gasteiger charge is 2.18. The summed E-state index contributed by atoms with van der Waals surface area (Å²) in [5.41, 5.74) is 2.49. The predicted molar refractivity (Wildman–Crippen MR) is 120 cm³/mol. The average molecular weight is 443 g/mol. The summed E-state index contributed by atoms with van der Waals surface area (Å²) in [6, 6.07) is 14.4. The zero-order valence-corrected chi connectivity index (χ0v) is 18.5. The molecule has 0 saturated carbocycles. The Morgan fingerprint density at radius 3 is 2.39 bits per heavy atom. The molecule has 0 unspecified atom stereocenters. The summed E-state index contributed by atoms with van der Waals surface area (Å²) >= 11 is 0. The molecule has 1 aromatic heterocycles. The predicted octanol–water partition coefficient (Wildman–Crippen LogP) is 2.74. The lowest BCUT2D eigenvalue weighted by Gasteiger charge is -2.19. The number of hydrogen-bond donors (Lipinski definition) is 1. The van der Waals surface area contributed by atoms with E-state index in [1.807, 2.05) is 42.0 Å². The van der Waals surface area contributed by atoms with Crippen LogP contribution in [0, 0.1) is 0 Å². The van der Waals surface area contributed by atoms with E-state index in [2.05, 4.69) is 10.3 Å². The molecule has 0 aliphatic rings. The van der Waals surface area contributed by atoms with Gasteiger partial charge >= 0.3 is 0 Å². The second-order valence-corrected chi connectivity index (χ2v) is 9.11. The van der Waals surface area contributed by atoms with Crippen molar-refractivity contribution >= 4 is 21.6 Å². The lowest BCUT2D eigenvalue weighted by atomic mass is 10.2. The maximum Gasteiger partial charge on any atom is 0.261 e. The van der Waals surface area contributed by atoms with Gasteiger partial charge in [0.1, 0.15) is 5.75 Å². The number of nitrogens with one attached hydrogen (secondary N) is 1. The molecule has 0 aliphatic heterocycles. The van der Waals surface area contributed by atoms with Crippen LogP contribution in [0.3, 0.4) is 0 Å². The van der Waals surface area contributed by atoms with Gasteiger partial charge in [-0.05, 0) is 48.4 Å². The minimum absolute atomic E-state index is 0.210. The molecular weight excluding hydrogens is 416 g/mol. The van der Waals surface area contributed by atoms with Crippen molar-refractivity contribution in [2.75, 3.05) is 17.6 Å². The third-order valence-corrected chi connectivity index (χ3v) is 6.05. The van der Waals surface area contributed by atoms with Gasteiger partial charge in [0.05, 0.1) is 18.3 Å². The second-order valence-electron chi connectivity index (χ2n) is 7.09. The Kier molecular flexibility index (Phi) is 6.96. The second kappa shape index (κ2) is 9.65. The number of sulfonamides is 1. The fourth-order valence-electron chi connectivity index (χ4n) is 2.91. The van der Waals surface area contributed by atoms with Gasteiger partial charge in [0.15, 0.2) is 6.10 Å². The molecule has 0 bridgehead atoms. The SMILES string of the molecule is CC[C@H](Oc1ccc(N(C)S(C)(=O)=O)cc1)C(=O)NCc1ccc(-n2ccnc2)cc1. The summed E-state index contributed by atoms with van der Waals surface area (Å²) in [5.74, 6) is 0.288. The van der Waals surface area contributed by atoms with E-state index < -0.39 is 16.1 Å². The van der Waals surface area contributed by atoms with E-state index in [9.17, 15) is 13.2 Å². The molecule has 1 amide bonds. The molecule has 9 heteroatoms. The fourth-order valence-corrected chi connectivity index (χ4v) is 3.42. The van der Waals surface area contributed by atoms with Crippen LogP contribution in [-0.4, -0.2) is 43.3 Å². The summed E-state index contributed by atoms with van der Waals surface area (Å²) in [6.07, 6.45) is 6.30. The first kappa shape index (κ1) is 22.4. The lowest BCUT2D eigenvalue weighted by Crippen LogP contribution is -2.37. The van der Waals surface area contributed by atoms with Crippen molar-refractivity contribution in [3.8, 4) is 11.4 Å². The van der Waals surface area contributed by atoms with E-state index in [1.165, 1.54) is 11.4 Å². The monoisotopic (exact) mass is 442 g/mol. The van der Waals surface area contributed by atoms with E-state index in [0.29, 0.717) is 24.4 Å². The quantitative estimate of drug-likeness (QED) is 0.550. The van der Waals surface area contributed by atoms with Gasteiger partial charge in [-0.25, -0.2) is 13.4 Å². The van der Waals surface area contributed by atoms with Gasteiger partial charge in [0.25, 0.3) is 5.91 Å². The minimum Gasteiger partial charge on any atom is -0.481 e. The van der Waals surface area contributed by atoms with Crippen LogP contribution in [0.15, 0.2) is 67.3 Å². The molecule has 0 radical (unpaired) electrons. The van der Waals surface area contributed by atoms with Crippen molar-refractivity contribution in [1.82, 2.24) is 14.9 Å². The molecule has 1 heterocycles. The zero-order valence-electron chi connectivity index (χ0n) is 17.7. The van der Waals surface area contributed by atoms with Gasteiger partial charge < -0.3 is 14.6 Å². The first-order valence-corrected chi connectivity index (χ1v) is 11.7. The van der Waals surface area contributed by atoms with E-state index in [-0.39, 0.29) is 5.91 Å². The van der Waals surface area contributed by atoms with E-state index in [0.717, 1.165) is 17.5 Å². The molecule has 1 atom stereocenters. The summed E-state index contributed by atoms with van der Waals surface area (Å²) in [7, 11) is -1.85. The number of benzene rings is 2. The van der Waals surface area contributed by atoms with Crippen molar-refractivity contribution in [3.63, 3.8) is 0 Å². The number of carbonyl (C=O) groups is 1. The number of amides is 1. The van der Waals surface area contributed by atoms with Gasteiger partial charge in [-0.1, -0.05) is 19.1 Å². The van der Waals surface area contributed by atoms with Crippen LogP contribution in [0.25, 0.3) is 5.69 Å². The minimum atomic E-state index is -3.34. The number of anilines is 1. The van der Waals surface area contributed by atoms with Crippen molar-refractivity contribution in [2.45, 2.75) is 26.0 Å². The molecule has 0 saturated heterocycles. The first-order chi connectivity index (χ1) is 14.8. The van der Waals surface area contributed by atoms with Gasteiger partial charge in [0.2, 0.25) is 10.0 Å². The molecule has 164 valence electrons. The average Bonchev–Trinajstić information content (AvgIpc) is 3.30. The molecular formula is C22H26N4O4S. The van der Waals surface area contributed by atoms with Crippen molar-refractivity contribution in [3.05, 3.63) is 72.8 Å². The normalized spacial score (nSPS) is 12.2. The van der Waals surface area contributed by atoms with Crippen LogP contribution >= 0.6 is 0 Å². The lowest BCUT2D eigenvalue weighted by molar-refractivity contribution is -0.128. The van der Waals surface area contributed by atoms with Gasteiger partial charge in [-0.3, -0.25) is 9.10 Å². The molecule has 31 heavy (non-hydrogen) atoms. The first-order valence-electron chi connectivity index (χ1n) is 9.83. The third kappa shape index (κ3) is 5.85. The highest BCUT2D eigenvalue weighted by Crippen LogP contribution is 2.21. The highest BCUT2D eigenvalue weighted by molar-refractivity contribution is 7.92. The molecule has 0 fully saturated rings. The maximum absolute atomic E-state index is 12.6. The Morgan fingerprint density at radius 2 is 1.84 bits per heavy atom. The summed E-state index contributed by atoms with van der Waals surface area (Å²) in [4.78, 5) is 16.6. The number of nitrogens with zero attached hydrogens (tertiary/aromatic N) is 3. The van der Waals surface area contributed by atoms with Crippen LogP contribution in [0.2, 0.25) is 0 Å². The molecule has 1 N–H and O–H groups in total. The standard InChI is InChI=1S/C22H26N4O4S/c1-4-21(30-20-11-9-18(10-12-20)25(2)31(3,28)29)22(27)24-15-17-5-7-19(8-6-17)26-14-13-23-16-26/h5-14,16,21H,4,15H2,1-3H3,(H,24,27)/t21-/m0/s1. The Bertz CT molecular complexity index is 1100. The third-order valence-electron chi connectivity index (χ3n) is 4.84. The van der Waals surface area contributed by atoms with Crippen LogP contribution in [0.5, 0.6) is 5.75 Å². The van der Waals surface area contributed by atoms with Crippen molar-refractivity contribution in [1.29, 1.82) is 0 Å². The van der Waals surface area contributed by atoms with Crippen LogP contribution < -0.4 is 14.4 Å². The zero-order chi connectivity index (χ0) is 22.4. The fraction of sp³-hybridized carbons (Fsp3) is 0.273. The Morgan fingerprint density at radius 1 is 1.16 bits per heavy atom. The summed E-state index contributed by atoms with van der Waals surface area (Å²) < 4.78 is 32.2. The number of ether oxygens (including phenoxy) is 1. The van der Waals surface area contributed by atoms with Gasteiger partial charge in [0, 0.05) is 31.7 Å². The summed E-state index contributed by atoms with van der Waals surface area (Å²) in [5, 5.41) is 2.90. The molecule has 0 spiro atoms. The molecule has 0 aliphatic carbocycles. The smallest absolute Gasteiger partial charge is 0.261 e. The topological polar surface area (TPSA) is 93.5 Å². The van der Waals surface area contributed by atoms with Crippen LogP contribution in [-0.2, 0) is 21.4 Å². The van der Waals surface area contributed by atoms with Crippen molar-refractivity contribution in [2.24, 2.45) is 0 Å². The van der Waals surface area contributed by atoms with Crippen molar-refractivity contribution < 1.29 is 17.9 Å². The van der Waals surface area contributed by atoms with E-state index in [4.69, 9.17) is 4.74 Å². The number of hydrogen-bond acceptors (Lipinski definition) is 5. The molecule has 8 nitrogen and oxygen atoms in total. The molecule has 3 aromatic rings. The largest absolute Gasteiger partial charge is 0.481 e. The molecule has 3 rings (SSSR count). The Labute approximate surface area is 182 Å². The van der Waals surface area contributed by atoms with E-state index in [1.54, 1.807) is 36.8 Å².